The third kappa shape index (κ3) is 24.9. The molecule has 0 saturated carbocycles. The molecule has 0 atom stereocenters. The van der Waals surface area contributed by atoms with Crippen LogP contribution < -0.4 is 0 Å². The molecule has 0 aliphatic heterocycles. The Labute approximate surface area is 140 Å². The van der Waals surface area contributed by atoms with Crippen LogP contribution in [-0.4, -0.2) is 5.75 Å². The summed E-state index contributed by atoms with van der Waals surface area (Å²) in [6.45, 7) is 8.28. The molecule has 0 heterocycles. The van der Waals surface area contributed by atoms with Crippen molar-refractivity contribution in [1.29, 1.82) is 0 Å². The van der Waals surface area contributed by atoms with E-state index in [2.05, 4.69) is 57.0 Å². The van der Waals surface area contributed by atoms with E-state index in [0.29, 0.717) is 0 Å². The molecule has 0 saturated heterocycles. The van der Waals surface area contributed by atoms with Crippen LogP contribution in [0.2, 0.25) is 0 Å². The smallest absolute Gasteiger partial charge is 0.00978 e. The summed E-state index contributed by atoms with van der Waals surface area (Å²) < 4.78 is 0. The lowest BCUT2D eigenvalue weighted by atomic mass is 10.1. The summed E-state index contributed by atoms with van der Waals surface area (Å²) in [7, 11) is 0. The molecule has 21 heavy (non-hydrogen) atoms. The average Bonchev–Trinajstić information content (AvgIpc) is 2.53. The SMILES string of the molecule is C=C.CCCCCCCCC/C=C\C/C=C\CCCCS. The van der Waals surface area contributed by atoms with Crippen LogP contribution in [0.1, 0.15) is 84.0 Å². The van der Waals surface area contributed by atoms with E-state index < -0.39 is 0 Å². The first kappa shape index (κ1) is 22.8. The van der Waals surface area contributed by atoms with Crippen LogP contribution in [0.3, 0.4) is 0 Å². The van der Waals surface area contributed by atoms with Gasteiger partial charge >= 0.3 is 0 Å². The van der Waals surface area contributed by atoms with Gasteiger partial charge in [0.2, 0.25) is 0 Å². The van der Waals surface area contributed by atoms with Crippen molar-refractivity contribution in [3.05, 3.63) is 37.5 Å². The van der Waals surface area contributed by atoms with Gasteiger partial charge in [0.15, 0.2) is 0 Å². The first-order chi connectivity index (χ1) is 10.4. The lowest BCUT2D eigenvalue weighted by Gasteiger charge is -1.98. The number of allylic oxidation sites excluding steroid dienone is 4. The number of rotatable bonds is 14. The Morgan fingerprint density at radius 3 is 1.67 bits per heavy atom. The number of hydrogen-bond acceptors (Lipinski definition) is 1. The zero-order valence-electron chi connectivity index (χ0n) is 14.4. The zero-order chi connectivity index (χ0) is 16.0. The van der Waals surface area contributed by atoms with E-state index in [1.807, 2.05) is 0 Å². The van der Waals surface area contributed by atoms with Gasteiger partial charge in [-0.2, -0.15) is 12.6 Å². The van der Waals surface area contributed by atoms with Crippen LogP contribution in [-0.2, 0) is 0 Å². The van der Waals surface area contributed by atoms with E-state index in [1.54, 1.807) is 0 Å². The second-order valence-electron chi connectivity index (χ2n) is 5.31. The largest absolute Gasteiger partial charge is 0.179 e. The van der Waals surface area contributed by atoms with Crippen molar-refractivity contribution in [2.75, 3.05) is 5.75 Å². The van der Waals surface area contributed by atoms with Gasteiger partial charge in [0, 0.05) is 0 Å². The van der Waals surface area contributed by atoms with Gasteiger partial charge in [0.1, 0.15) is 0 Å². The fourth-order valence-electron chi connectivity index (χ4n) is 2.10. The summed E-state index contributed by atoms with van der Waals surface area (Å²) in [5.41, 5.74) is 0. The minimum absolute atomic E-state index is 1.02. The Balaban J connectivity index is 0. The van der Waals surface area contributed by atoms with Crippen LogP contribution in [0, 0.1) is 0 Å². The lowest BCUT2D eigenvalue weighted by molar-refractivity contribution is 0.592. The predicted octanol–water partition coefficient (Wildman–Crippen LogP) is 7.53. The van der Waals surface area contributed by atoms with Crippen molar-refractivity contribution in [3.63, 3.8) is 0 Å². The van der Waals surface area contributed by atoms with Gasteiger partial charge in [-0.05, 0) is 44.3 Å². The van der Waals surface area contributed by atoms with Crippen LogP contribution in [0.15, 0.2) is 37.5 Å². The van der Waals surface area contributed by atoms with Crippen LogP contribution in [0.5, 0.6) is 0 Å². The highest BCUT2D eigenvalue weighted by molar-refractivity contribution is 7.80. The molecular weight excluding hydrogens is 272 g/mol. The molecule has 0 rings (SSSR count). The normalized spacial score (nSPS) is 11.0. The Kier molecular flexibility index (Phi) is 26.7. The number of thiol groups is 1. The Bertz CT molecular complexity index is 218. The van der Waals surface area contributed by atoms with Crippen LogP contribution in [0.4, 0.5) is 0 Å². The Hall–Kier alpha value is -0.430. The van der Waals surface area contributed by atoms with E-state index in [-0.39, 0.29) is 0 Å². The zero-order valence-corrected chi connectivity index (χ0v) is 15.3. The summed E-state index contributed by atoms with van der Waals surface area (Å²) in [4.78, 5) is 0. The maximum Gasteiger partial charge on any atom is -0.00978 e. The summed E-state index contributed by atoms with van der Waals surface area (Å²) in [6, 6.07) is 0. The van der Waals surface area contributed by atoms with E-state index in [9.17, 15) is 0 Å². The Morgan fingerprint density at radius 1 is 0.667 bits per heavy atom. The van der Waals surface area contributed by atoms with Gasteiger partial charge in [-0.3, -0.25) is 0 Å². The van der Waals surface area contributed by atoms with Crippen LogP contribution in [0.25, 0.3) is 0 Å². The van der Waals surface area contributed by atoms with E-state index in [1.165, 1.54) is 70.6 Å². The minimum atomic E-state index is 1.02. The first-order valence-electron chi connectivity index (χ1n) is 8.82. The van der Waals surface area contributed by atoms with Gasteiger partial charge in [-0.1, -0.05) is 69.8 Å². The maximum absolute atomic E-state index is 4.21. The van der Waals surface area contributed by atoms with Crippen LogP contribution >= 0.6 is 12.6 Å². The van der Waals surface area contributed by atoms with Crippen molar-refractivity contribution in [1.82, 2.24) is 0 Å². The highest BCUT2D eigenvalue weighted by atomic mass is 32.1. The molecule has 0 bridgehead atoms. The molecule has 0 spiro atoms. The quantitative estimate of drug-likeness (QED) is 0.191. The fraction of sp³-hybridized carbons (Fsp3) is 0.700. The van der Waals surface area contributed by atoms with Crippen molar-refractivity contribution < 1.29 is 0 Å². The van der Waals surface area contributed by atoms with Crippen molar-refractivity contribution in [2.45, 2.75) is 84.0 Å². The Morgan fingerprint density at radius 2 is 1.14 bits per heavy atom. The van der Waals surface area contributed by atoms with Gasteiger partial charge in [0.25, 0.3) is 0 Å². The van der Waals surface area contributed by atoms with E-state index >= 15 is 0 Å². The molecule has 0 aromatic rings. The van der Waals surface area contributed by atoms with Gasteiger partial charge in [-0.25, -0.2) is 0 Å². The molecule has 0 radical (unpaired) electrons. The van der Waals surface area contributed by atoms with Gasteiger partial charge < -0.3 is 0 Å². The molecule has 0 aromatic carbocycles. The monoisotopic (exact) mass is 310 g/mol. The van der Waals surface area contributed by atoms with Gasteiger partial charge in [0.05, 0.1) is 0 Å². The van der Waals surface area contributed by atoms with Crippen molar-refractivity contribution in [3.8, 4) is 0 Å². The van der Waals surface area contributed by atoms with Gasteiger partial charge in [-0.15, -0.1) is 13.2 Å². The third-order valence-electron chi connectivity index (χ3n) is 3.36. The second kappa shape index (κ2) is 24.6. The molecule has 0 nitrogen and oxygen atoms in total. The predicted molar refractivity (Wildman–Crippen MR) is 104 cm³/mol. The molecule has 0 aliphatic rings. The van der Waals surface area contributed by atoms with E-state index in [0.717, 1.165) is 12.2 Å². The minimum Gasteiger partial charge on any atom is -0.179 e. The molecule has 0 fully saturated rings. The molecule has 0 aromatic heterocycles. The second-order valence-corrected chi connectivity index (χ2v) is 5.76. The van der Waals surface area contributed by atoms with E-state index in [4.69, 9.17) is 0 Å². The molecule has 0 unspecified atom stereocenters. The first-order valence-corrected chi connectivity index (χ1v) is 9.46. The summed E-state index contributed by atoms with van der Waals surface area (Å²) >= 11 is 4.21. The highest BCUT2D eigenvalue weighted by Crippen LogP contribution is 2.08. The number of hydrogen-bond donors (Lipinski definition) is 1. The fourth-order valence-corrected chi connectivity index (χ4v) is 2.32. The van der Waals surface area contributed by atoms with Crippen molar-refractivity contribution >= 4 is 12.6 Å². The maximum atomic E-state index is 4.21. The molecule has 1 heteroatoms. The summed E-state index contributed by atoms with van der Waals surface area (Å²) in [5.74, 6) is 1.02. The molecule has 0 aliphatic carbocycles. The number of unbranched alkanes of at least 4 members (excludes halogenated alkanes) is 9. The lowest BCUT2D eigenvalue weighted by Crippen LogP contribution is -1.78. The third-order valence-corrected chi connectivity index (χ3v) is 3.67. The standard InChI is InChI=1S/C18H34S.C2H4/c1-2-3-4-5-6-7-8-9-10-11-12-13-14-15-16-17-18-19;1-2/h10-11,13-14,19H,2-9,12,15-18H2,1H3;1-2H2/b11-10-,14-13-;. The molecule has 124 valence electrons. The molecular formula is C20H38S. The topological polar surface area (TPSA) is 0 Å². The molecule has 0 amide bonds. The highest BCUT2D eigenvalue weighted by Gasteiger charge is 1.89. The molecule has 0 N–H and O–H groups in total. The van der Waals surface area contributed by atoms with Crippen molar-refractivity contribution in [2.24, 2.45) is 0 Å². The average molecular weight is 311 g/mol. The summed E-state index contributed by atoms with van der Waals surface area (Å²) in [6.07, 6.45) is 25.2. The summed E-state index contributed by atoms with van der Waals surface area (Å²) in [5, 5.41) is 0.